The van der Waals surface area contributed by atoms with Gasteiger partial charge in [0.25, 0.3) is 0 Å². The van der Waals surface area contributed by atoms with Crippen LogP contribution in [0.2, 0.25) is 0 Å². The Morgan fingerprint density at radius 3 is 2.58 bits per heavy atom. The SMILES string of the molecule is CCc1ccc2nc(Nc3cc(CC(C)C)nc(Nc4ccc(S)cc4C)n3)sc2c1. The molecule has 5 nitrogen and oxygen atoms in total. The van der Waals surface area contributed by atoms with Gasteiger partial charge in [0.2, 0.25) is 5.95 Å². The van der Waals surface area contributed by atoms with Gasteiger partial charge in [0.05, 0.1) is 10.2 Å². The van der Waals surface area contributed by atoms with Gasteiger partial charge < -0.3 is 10.6 Å². The van der Waals surface area contributed by atoms with E-state index in [4.69, 9.17) is 15.0 Å². The first-order valence-corrected chi connectivity index (χ1v) is 11.8. The van der Waals surface area contributed by atoms with Gasteiger partial charge in [0.15, 0.2) is 5.13 Å². The molecule has 0 fully saturated rings. The molecule has 7 heteroatoms. The van der Waals surface area contributed by atoms with Gasteiger partial charge in [-0.2, -0.15) is 4.98 Å². The highest BCUT2D eigenvalue weighted by Crippen LogP contribution is 2.30. The average Bonchev–Trinajstić information content (AvgIpc) is 3.10. The standard InChI is InChI=1S/C24H27N5S2/c1-5-16-6-8-20-21(12-16)31-24(27-20)29-22-13-17(10-14(2)3)25-23(28-22)26-19-9-7-18(30)11-15(19)4/h6-9,11-14,30H,5,10H2,1-4H3,(H2,25,26,27,28,29). The number of fused-ring (bicyclic) bond motifs is 1. The van der Waals surface area contributed by atoms with Gasteiger partial charge in [-0.05, 0) is 67.1 Å². The summed E-state index contributed by atoms with van der Waals surface area (Å²) in [5.41, 5.74) is 5.38. The van der Waals surface area contributed by atoms with Gasteiger partial charge in [-0.15, -0.1) is 12.6 Å². The molecule has 0 saturated carbocycles. The van der Waals surface area contributed by atoms with E-state index in [-0.39, 0.29) is 0 Å². The van der Waals surface area contributed by atoms with E-state index in [9.17, 15) is 0 Å². The van der Waals surface area contributed by atoms with Crippen molar-refractivity contribution >= 4 is 56.8 Å². The topological polar surface area (TPSA) is 62.7 Å². The van der Waals surface area contributed by atoms with Crippen molar-refractivity contribution < 1.29 is 0 Å². The largest absolute Gasteiger partial charge is 0.324 e. The molecule has 0 radical (unpaired) electrons. The van der Waals surface area contributed by atoms with Gasteiger partial charge in [0.1, 0.15) is 5.82 Å². The van der Waals surface area contributed by atoms with Crippen LogP contribution in [0.25, 0.3) is 10.2 Å². The van der Waals surface area contributed by atoms with Crippen molar-refractivity contribution in [2.24, 2.45) is 5.92 Å². The molecular formula is C24H27N5S2. The first-order chi connectivity index (χ1) is 14.9. The number of hydrogen-bond acceptors (Lipinski definition) is 7. The third-order valence-electron chi connectivity index (χ3n) is 4.95. The van der Waals surface area contributed by atoms with Crippen LogP contribution in [-0.4, -0.2) is 15.0 Å². The molecule has 31 heavy (non-hydrogen) atoms. The van der Waals surface area contributed by atoms with Gasteiger partial charge in [0, 0.05) is 22.3 Å². The minimum Gasteiger partial charge on any atom is -0.324 e. The number of nitrogens with one attached hydrogen (secondary N) is 2. The van der Waals surface area contributed by atoms with Crippen molar-refractivity contribution in [2.75, 3.05) is 10.6 Å². The Hall–Kier alpha value is -2.64. The molecule has 0 bridgehead atoms. The summed E-state index contributed by atoms with van der Waals surface area (Å²) in [6, 6.07) is 14.4. The number of benzene rings is 2. The van der Waals surface area contributed by atoms with Crippen LogP contribution in [0.4, 0.5) is 22.6 Å². The maximum atomic E-state index is 4.74. The average molecular weight is 450 g/mol. The van der Waals surface area contributed by atoms with Crippen LogP contribution in [-0.2, 0) is 12.8 Å². The molecule has 2 N–H and O–H groups in total. The van der Waals surface area contributed by atoms with E-state index < -0.39 is 0 Å². The second-order valence-electron chi connectivity index (χ2n) is 8.09. The van der Waals surface area contributed by atoms with Crippen molar-refractivity contribution in [3.63, 3.8) is 0 Å². The fraction of sp³-hybridized carbons (Fsp3) is 0.292. The third-order valence-corrected chi connectivity index (χ3v) is 6.16. The predicted molar refractivity (Wildman–Crippen MR) is 135 cm³/mol. The van der Waals surface area contributed by atoms with Gasteiger partial charge in [-0.1, -0.05) is 38.2 Å². The summed E-state index contributed by atoms with van der Waals surface area (Å²) in [6.07, 6.45) is 1.89. The predicted octanol–water partition coefficient (Wildman–Crippen LogP) is 6.93. The molecule has 0 spiro atoms. The molecule has 0 amide bonds. The fourth-order valence-electron chi connectivity index (χ4n) is 3.40. The summed E-state index contributed by atoms with van der Waals surface area (Å²) >= 11 is 6.06. The highest BCUT2D eigenvalue weighted by atomic mass is 32.1. The molecule has 2 aromatic heterocycles. The highest BCUT2D eigenvalue weighted by molar-refractivity contribution is 7.80. The molecule has 4 aromatic rings. The molecule has 0 unspecified atom stereocenters. The first kappa shape index (κ1) is 21.6. The van der Waals surface area contributed by atoms with E-state index in [0.717, 1.165) is 51.1 Å². The normalized spacial score (nSPS) is 11.3. The highest BCUT2D eigenvalue weighted by Gasteiger charge is 2.11. The van der Waals surface area contributed by atoms with E-state index in [0.29, 0.717) is 11.9 Å². The summed E-state index contributed by atoms with van der Waals surface area (Å²) in [5.74, 6) is 1.81. The smallest absolute Gasteiger partial charge is 0.229 e. The zero-order chi connectivity index (χ0) is 22.0. The monoisotopic (exact) mass is 449 g/mol. The fourth-order valence-corrected chi connectivity index (χ4v) is 4.61. The van der Waals surface area contributed by atoms with Crippen LogP contribution in [0.15, 0.2) is 47.4 Å². The van der Waals surface area contributed by atoms with Crippen LogP contribution >= 0.6 is 24.0 Å². The molecule has 0 aliphatic rings. The van der Waals surface area contributed by atoms with Crippen molar-refractivity contribution in [3.05, 3.63) is 59.3 Å². The summed E-state index contributed by atoms with van der Waals surface area (Å²) in [7, 11) is 0. The van der Waals surface area contributed by atoms with Crippen LogP contribution in [0, 0.1) is 12.8 Å². The number of thiol groups is 1. The lowest BCUT2D eigenvalue weighted by Crippen LogP contribution is -2.06. The number of hydrogen-bond donors (Lipinski definition) is 3. The van der Waals surface area contributed by atoms with Crippen LogP contribution in [0.3, 0.4) is 0 Å². The molecule has 4 rings (SSSR count). The van der Waals surface area contributed by atoms with Crippen molar-refractivity contribution in [1.82, 2.24) is 15.0 Å². The molecular weight excluding hydrogens is 422 g/mol. The van der Waals surface area contributed by atoms with Crippen LogP contribution in [0.1, 0.15) is 37.6 Å². The summed E-state index contributed by atoms with van der Waals surface area (Å²) in [5, 5.41) is 7.60. The van der Waals surface area contributed by atoms with E-state index in [1.165, 1.54) is 10.3 Å². The molecule has 2 heterocycles. The summed E-state index contributed by atoms with van der Waals surface area (Å²) in [6.45, 7) is 8.59. The second-order valence-corrected chi connectivity index (χ2v) is 9.64. The lowest BCUT2D eigenvalue weighted by molar-refractivity contribution is 0.635. The lowest BCUT2D eigenvalue weighted by atomic mass is 10.1. The molecule has 0 aliphatic heterocycles. The Morgan fingerprint density at radius 1 is 1.00 bits per heavy atom. The lowest BCUT2D eigenvalue weighted by Gasteiger charge is -2.13. The second kappa shape index (κ2) is 9.24. The van der Waals surface area contributed by atoms with Crippen molar-refractivity contribution in [1.29, 1.82) is 0 Å². The van der Waals surface area contributed by atoms with E-state index >= 15 is 0 Å². The van der Waals surface area contributed by atoms with Crippen LogP contribution in [0.5, 0.6) is 0 Å². The Labute approximate surface area is 192 Å². The first-order valence-electron chi connectivity index (χ1n) is 10.5. The number of aryl methyl sites for hydroxylation is 2. The Balaban J connectivity index is 1.65. The maximum Gasteiger partial charge on any atom is 0.229 e. The van der Waals surface area contributed by atoms with Crippen molar-refractivity contribution in [2.45, 2.75) is 45.4 Å². The van der Waals surface area contributed by atoms with E-state index in [1.807, 2.05) is 31.2 Å². The zero-order valence-corrected chi connectivity index (χ0v) is 19.9. The van der Waals surface area contributed by atoms with E-state index in [1.54, 1.807) is 11.3 Å². The Bertz CT molecular complexity index is 1220. The Kier molecular flexibility index (Phi) is 6.43. The maximum absolute atomic E-state index is 4.74. The number of anilines is 4. The van der Waals surface area contributed by atoms with Gasteiger partial charge >= 0.3 is 0 Å². The van der Waals surface area contributed by atoms with Crippen molar-refractivity contribution in [3.8, 4) is 0 Å². The summed E-state index contributed by atoms with van der Waals surface area (Å²) < 4.78 is 1.18. The third kappa shape index (κ3) is 5.35. The quantitative estimate of drug-likeness (QED) is 0.267. The number of thiazole rings is 1. The number of nitrogens with zero attached hydrogens (tertiary/aromatic N) is 3. The zero-order valence-electron chi connectivity index (χ0n) is 18.2. The van der Waals surface area contributed by atoms with Gasteiger partial charge in [-0.25, -0.2) is 9.97 Å². The Morgan fingerprint density at radius 2 is 1.84 bits per heavy atom. The molecule has 160 valence electrons. The number of rotatable bonds is 7. The molecule has 2 aromatic carbocycles. The molecule has 0 saturated heterocycles. The molecule has 0 atom stereocenters. The number of aromatic nitrogens is 3. The minimum absolute atomic E-state index is 0.496. The van der Waals surface area contributed by atoms with Gasteiger partial charge in [-0.3, -0.25) is 0 Å². The van der Waals surface area contributed by atoms with E-state index in [2.05, 4.69) is 62.2 Å². The van der Waals surface area contributed by atoms with Crippen LogP contribution < -0.4 is 10.6 Å². The minimum atomic E-state index is 0.496. The summed E-state index contributed by atoms with van der Waals surface area (Å²) in [4.78, 5) is 15.1. The molecule has 0 aliphatic carbocycles.